The first-order valence-electron chi connectivity index (χ1n) is 16.0. The van der Waals surface area contributed by atoms with Crippen LogP contribution < -0.4 is 10.1 Å². The largest absolute Gasteiger partial charge is 0.481 e. The average Bonchev–Trinajstić information content (AvgIpc) is 3.76. The highest BCUT2D eigenvalue weighted by molar-refractivity contribution is 6.01. The van der Waals surface area contributed by atoms with Crippen molar-refractivity contribution in [2.45, 2.75) is 63.3 Å². The summed E-state index contributed by atoms with van der Waals surface area (Å²) in [5.41, 5.74) is 7.41. The van der Waals surface area contributed by atoms with Gasteiger partial charge < -0.3 is 24.3 Å². The van der Waals surface area contributed by atoms with Crippen LogP contribution in [-0.4, -0.2) is 43.2 Å². The van der Waals surface area contributed by atoms with Gasteiger partial charge in [0.05, 0.1) is 29.4 Å². The molecule has 0 bridgehead atoms. The van der Waals surface area contributed by atoms with Crippen molar-refractivity contribution in [2.75, 3.05) is 7.11 Å². The number of nitrogens with zero attached hydrogens (tertiary/aromatic N) is 4. The molecule has 0 saturated heterocycles. The highest BCUT2D eigenvalue weighted by atomic mass is 16.5. The third kappa shape index (κ3) is 4.94. The SMILES string of the molecule is COc1cc(-c2c(C3CCCC3)c3ccc(C(=O)NC4(c5nc6ccc(/C=C(\C)C(=O)O)cc6n5C)CCC4)cc3n2C)ccn1. The molecule has 0 unspecified atom stereocenters. The van der Waals surface area contributed by atoms with E-state index < -0.39 is 11.5 Å². The zero-order chi connectivity index (χ0) is 32.2. The summed E-state index contributed by atoms with van der Waals surface area (Å²) in [6.07, 6.45) is 10.8. The number of carbonyl (C=O) groups is 2. The van der Waals surface area contributed by atoms with E-state index in [1.165, 1.54) is 23.8 Å². The number of carbonyl (C=O) groups excluding carboxylic acids is 1. The molecule has 0 spiro atoms. The number of fused-ring (bicyclic) bond motifs is 2. The maximum atomic E-state index is 14.0. The number of rotatable bonds is 8. The number of methoxy groups -OCH3 is 1. The Bertz CT molecular complexity index is 2040. The first-order chi connectivity index (χ1) is 22.2. The van der Waals surface area contributed by atoms with Gasteiger partial charge in [-0.2, -0.15) is 0 Å². The summed E-state index contributed by atoms with van der Waals surface area (Å²) in [4.78, 5) is 34.7. The number of carboxylic acids is 1. The van der Waals surface area contributed by atoms with Crippen LogP contribution in [0.4, 0.5) is 0 Å². The van der Waals surface area contributed by atoms with Gasteiger partial charge in [0.15, 0.2) is 0 Å². The third-order valence-electron chi connectivity index (χ3n) is 10.1. The van der Waals surface area contributed by atoms with Crippen molar-refractivity contribution in [3.8, 4) is 17.1 Å². The van der Waals surface area contributed by atoms with Gasteiger partial charge in [-0.25, -0.2) is 14.8 Å². The molecule has 5 aromatic rings. The van der Waals surface area contributed by atoms with Gasteiger partial charge >= 0.3 is 5.97 Å². The van der Waals surface area contributed by atoms with Gasteiger partial charge in [0.2, 0.25) is 5.88 Å². The number of pyridine rings is 1. The molecule has 236 valence electrons. The molecule has 1 amide bonds. The summed E-state index contributed by atoms with van der Waals surface area (Å²) >= 11 is 0. The molecule has 2 aromatic carbocycles. The van der Waals surface area contributed by atoms with E-state index in [-0.39, 0.29) is 11.5 Å². The molecule has 2 saturated carbocycles. The smallest absolute Gasteiger partial charge is 0.331 e. The number of imidazole rings is 1. The maximum Gasteiger partial charge on any atom is 0.331 e. The Morgan fingerprint density at radius 3 is 2.48 bits per heavy atom. The summed E-state index contributed by atoms with van der Waals surface area (Å²) in [6, 6.07) is 15.9. The highest BCUT2D eigenvalue weighted by Crippen LogP contribution is 2.45. The number of nitrogens with one attached hydrogen (secondary N) is 1. The van der Waals surface area contributed by atoms with Gasteiger partial charge in [-0.1, -0.05) is 25.0 Å². The van der Waals surface area contributed by atoms with E-state index in [2.05, 4.69) is 28.0 Å². The van der Waals surface area contributed by atoms with E-state index in [4.69, 9.17) is 9.72 Å². The lowest BCUT2D eigenvalue weighted by atomic mass is 9.75. The molecular weight excluding hydrogens is 578 g/mol. The van der Waals surface area contributed by atoms with E-state index >= 15 is 0 Å². The molecule has 9 nitrogen and oxygen atoms in total. The number of ether oxygens (including phenoxy) is 1. The molecule has 2 N–H and O–H groups in total. The van der Waals surface area contributed by atoms with Crippen LogP contribution in [0.1, 0.15) is 85.1 Å². The number of carboxylic acid groups (broad SMARTS) is 1. The highest BCUT2D eigenvalue weighted by Gasteiger charge is 2.44. The van der Waals surface area contributed by atoms with E-state index in [1.54, 1.807) is 26.3 Å². The van der Waals surface area contributed by atoms with Crippen molar-refractivity contribution in [1.82, 2.24) is 24.4 Å². The minimum Gasteiger partial charge on any atom is -0.481 e. The summed E-state index contributed by atoms with van der Waals surface area (Å²) in [6.45, 7) is 1.58. The summed E-state index contributed by atoms with van der Waals surface area (Å²) < 4.78 is 9.71. The molecular formula is C37H39N5O4. The van der Waals surface area contributed by atoms with Gasteiger partial charge in [0.25, 0.3) is 5.91 Å². The fourth-order valence-electron chi connectivity index (χ4n) is 7.51. The molecule has 9 heteroatoms. The molecule has 46 heavy (non-hydrogen) atoms. The van der Waals surface area contributed by atoms with Crippen molar-refractivity contribution in [3.05, 3.63) is 82.8 Å². The van der Waals surface area contributed by atoms with Crippen LogP contribution in [0.25, 0.3) is 39.3 Å². The molecule has 2 aliphatic rings. The zero-order valence-electron chi connectivity index (χ0n) is 26.8. The number of hydrogen-bond acceptors (Lipinski definition) is 5. The molecule has 3 heterocycles. The van der Waals surface area contributed by atoms with Gasteiger partial charge in [0.1, 0.15) is 5.82 Å². The van der Waals surface area contributed by atoms with Gasteiger partial charge in [-0.3, -0.25) is 4.79 Å². The molecule has 2 fully saturated rings. The van der Waals surface area contributed by atoms with Crippen molar-refractivity contribution in [3.63, 3.8) is 0 Å². The summed E-state index contributed by atoms with van der Waals surface area (Å²) in [5.74, 6) is 0.799. The van der Waals surface area contributed by atoms with Crippen molar-refractivity contribution >= 4 is 39.9 Å². The molecule has 0 atom stereocenters. The quantitative estimate of drug-likeness (QED) is 0.180. The number of amides is 1. The lowest BCUT2D eigenvalue weighted by Gasteiger charge is -2.41. The monoisotopic (exact) mass is 617 g/mol. The minimum absolute atomic E-state index is 0.120. The molecule has 2 aliphatic carbocycles. The van der Waals surface area contributed by atoms with Crippen molar-refractivity contribution < 1.29 is 19.4 Å². The van der Waals surface area contributed by atoms with Crippen molar-refractivity contribution in [2.24, 2.45) is 14.1 Å². The molecule has 0 radical (unpaired) electrons. The number of aromatic nitrogens is 4. The van der Waals surface area contributed by atoms with Gasteiger partial charge in [0, 0.05) is 54.0 Å². The Labute approximate surface area is 267 Å². The summed E-state index contributed by atoms with van der Waals surface area (Å²) in [5, 5.41) is 13.9. The lowest BCUT2D eigenvalue weighted by molar-refractivity contribution is -0.132. The first kappa shape index (κ1) is 29.8. The molecule has 7 rings (SSSR count). The number of benzene rings is 2. The van der Waals surface area contributed by atoms with Crippen LogP contribution in [0.15, 0.2) is 60.3 Å². The van der Waals surface area contributed by atoms with Crippen LogP contribution >= 0.6 is 0 Å². The second kappa shape index (κ2) is 11.5. The maximum absolute atomic E-state index is 14.0. The van der Waals surface area contributed by atoms with Crippen LogP contribution in [0.5, 0.6) is 5.88 Å². The van der Waals surface area contributed by atoms with Crippen molar-refractivity contribution in [1.29, 1.82) is 0 Å². The zero-order valence-corrected chi connectivity index (χ0v) is 26.8. The van der Waals surface area contributed by atoms with E-state index in [0.29, 0.717) is 17.4 Å². The fourth-order valence-corrected chi connectivity index (χ4v) is 7.51. The minimum atomic E-state index is -0.945. The average molecular weight is 618 g/mol. The Kier molecular flexibility index (Phi) is 7.42. The standard InChI is InChI=1S/C37H39N5O4/c1-22(35(44)45)18-23-10-13-28-30(19-23)42(3)36(39-28)37(15-7-16-37)40-34(43)26-11-12-27-29(20-26)41(2)33(32(27)24-8-5-6-9-24)25-14-17-38-31(21-25)46-4/h10-14,17-21,24H,5-9,15-16H2,1-4H3,(H,40,43)(H,44,45)/b22-18+. The number of aryl methyl sites for hydroxylation is 2. The van der Waals surface area contributed by atoms with E-state index in [9.17, 15) is 14.7 Å². The number of aliphatic carboxylic acids is 1. The van der Waals surface area contributed by atoms with E-state index in [1.807, 2.05) is 54.1 Å². The summed E-state index contributed by atoms with van der Waals surface area (Å²) in [7, 11) is 5.68. The topological polar surface area (TPSA) is 111 Å². The molecule has 3 aromatic heterocycles. The van der Waals surface area contributed by atoms with Crippen LogP contribution in [0.2, 0.25) is 0 Å². The predicted octanol–water partition coefficient (Wildman–Crippen LogP) is 7.09. The Hall–Kier alpha value is -4.92. The predicted molar refractivity (Wildman–Crippen MR) is 179 cm³/mol. The second-order valence-corrected chi connectivity index (χ2v) is 12.9. The third-order valence-corrected chi connectivity index (χ3v) is 10.1. The van der Waals surface area contributed by atoms with Crippen LogP contribution in [0, 0.1) is 0 Å². The Balaban J connectivity index is 1.25. The number of hydrogen-bond donors (Lipinski definition) is 2. The Morgan fingerprint density at radius 1 is 1.00 bits per heavy atom. The second-order valence-electron chi connectivity index (χ2n) is 12.9. The van der Waals surface area contributed by atoms with E-state index in [0.717, 1.165) is 71.3 Å². The van der Waals surface area contributed by atoms with Crippen LogP contribution in [0.3, 0.4) is 0 Å². The van der Waals surface area contributed by atoms with Gasteiger partial charge in [-0.15, -0.1) is 0 Å². The Morgan fingerprint density at radius 2 is 1.78 bits per heavy atom. The van der Waals surface area contributed by atoms with Gasteiger partial charge in [-0.05, 0) is 92.5 Å². The molecule has 0 aliphatic heterocycles. The van der Waals surface area contributed by atoms with Crippen LogP contribution in [-0.2, 0) is 24.4 Å². The lowest BCUT2D eigenvalue weighted by Crippen LogP contribution is -2.52. The first-order valence-corrected chi connectivity index (χ1v) is 16.0. The normalized spacial score (nSPS) is 16.6. The fraction of sp³-hybridized carbons (Fsp3) is 0.351.